The number of benzene rings is 2. The lowest BCUT2D eigenvalue weighted by Gasteiger charge is -2.31. The molecule has 192 valence electrons. The molecule has 9 heteroatoms. The molecule has 7 nitrogen and oxygen atoms in total. The molecule has 0 spiro atoms. The number of nitrogens with one attached hydrogen (secondary N) is 2. The summed E-state index contributed by atoms with van der Waals surface area (Å²) in [5.41, 5.74) is 5.20. The van der Waals surface area contributed by atoms with Gasteiger partial charge in [0.15, 0.2) is 5.13 Å². The molecule has 0 saturated carbocycles. The normalized spacial score (nSPS) is 13.9. The molecule has 1 aliphatic rings. The predicted molar refractivity (Wildman–Crippen MR) is 147 cm³/mol. The van der Waals surface area contributed by atoms with Crippen molar-refractivity contribution in [1.82, 2.24) is 10.3 Å². The molecular weight excluding hydrogens is 510 g/mol. The first-order chi connectivity index (χ1) is 17.8. The number of carbonyl (C=O) groups is 2. The van der Waals surface area contributed by atoms with Crippen molar-refractivity contribution in [3.63, 3.8) is 0 Å². The molecule has 0 aliphatic carbocycles. The molecule has 0 unspecified atom stereocenters. The molecule has 4 rings (SSSR count). The van der Waals surface area contributed by atoms with Gasteiger partial charge in [0, 0.05) is 33.0 Å². The quantitative estimate of drug-likeness (QED) is 0.314. The van der Waals surface area contributed by atoms with Crippen molar-refractivity contribution in [1.29, 1.82) is 0 Å². The Labute approximate surface area is 225 Å². The van der Waals surface area contributed by atoms with Crippen LogP contribution in [0.2, 0.25) is 5.02 Å². The fraction of sp³-hybridized carbons (Fsp3) is 0.250. The van der Waals surface area contributed by atoms with Crippen LogP contribution in [0.5, 0.6) is 0 Å². The number of thiazole rings is 1. The van der Waals surface area contributed by atoms with Gasteiger partial charge in [-0.1, -0.05) is 41.9 Å². The summed E-state index contributed by atoms with van der Waals surface area (Å²) in [6.07, 6.45) is 0. The summed E-state index contributed by atoms with van der Waals surface area (Å²) in [6.45, 7) is 7.55. The molecule has 0 radical (unpaired) electrons. The third-order valence-electron chi connectivity index (χ3n) is 5.91. The molecule has 3 aromatic rings. The van der Waals surface area contributed by atoms with Gasteiger partial charge in [-0.3, -0.25) is 0 Å². The number of hydrogen-bond donors (Lipinski definition) is 2. The highest BCUT2D eigenvalue weighted by molar-refractivity contribution is 7.14. The molecule has 2 aromatic carbocycles. The van der Waals surface area contributed by atoms with Gasteiger partial charge < -0.3 is 20.1 Å². The van der Waals surface area contributed by atoms with Gasteiger partial charge in [-0.25, -0.2) is 14.6 Å². The lowest BCUT2D eigenvalue weighted by Crippen LogP contribution is -2.32. The number of para-hydroxylation sites is 1. The maximum atomic E-state index is 13.1. The number of allylic oxidation sites excluding steroid dienone is 2. The second kappa shape index (κ2) is 11.6. The van der Waals surface area contributed by atoms with E-state index in [-0.39, 0.29) is 13.2 Å². The number of ether oxygens (including phenoxy) is 2. The zero-order valence-electron chi connectivity index (χ0n) is 21.1. The standard InChI is InChI=1S/C28H28ClN3O4S/c1-5-35-26(33)23-16(3)30-17(4)24(27(34)36-6-2)25(23)20-9-7-8-10-21(20)31-28-32-22(15-37-28)18-11-13-19(29)14-12-18/h7-15,25,30H,5-6H2,1-4H3,(H,31,32). The number of dihydropyridines is 1. The average Bonchev–Trinajstić information content (AvgIpc) is 3.33. The molecule has 2 heterocycles. The van der Waals surface area contributed by atoms with Crippen LogP contribution in [0, 0.1) is 0 Å². The Morgan fingerprint density at radius 2 is 1.57 bits per heavy atom. The van der Waals surface area contributed by atoms with E-state index in [1.165, 1.54) is 11.3 Å². The minimum atomic E-state index is -0.696. The van der Waals surface area contributed by atoms with E-state index < -0.39 is 17.9 Å². The van der Waals surface area contributed by atoms with Crippen molar-refractivity contribution in [2.45, 2.75) is 33.6 Å². The van der Waals surface area contributed by atoms with Crippen LogP contribution in [0.15, 0.2) is 76.5 Å². The number of halogens is 1. The van der Waals surface area contributed by atoms with Gasteiger partial charge in [-0.2, -0.15) is 0 Å². The van der Waals surface area contributed by atoms with Gasteiger partial charge in [-0.15, -0.1) is 11.3 Å². The number of aromatic nitrogens is 1. The van der Waals surface area contributed by atoms with Gasteiger partial charge in [0.25, 0.3) is 0 Å². The van der Waals surface area contributed by atoms with Gasteiger partial charge in [0.2, 0.25) is 0 Å². The fourth-order valence-corrected chi connectivity index (χ4v) is 5.18. The van der Waals surface area contributed by atoms with Crippen LogP contribution in [-0.4, -0.2) is 30.1 Å². The first-order valence-corrected chi connectivity index (χ1v) is 13.2. The van der Waals surface area contributed by atoms with Crippen molar-refractivity contribution in [2.75, 3.05) is 18.5 Å². The first kappa shape index (κ1) is 26.4. The molecule has 0 amide bonds. The average molecular weight is 538 g/mol. The summed E-state index contributed by atoms with van der Waals surface area (Å²) in [5.74, 6) is -1.67. The van der Waals surface area contributed by atoms with Gasteiger partial charge in [0.05, 0.1) is 36.0 Å². The number of esters is 2. The summed E-state index contributed by atoms with van der Waals surface area (Å²) in [5, 5.41) is 9.86. The second-order valence-electron chi connectivity index (χ2n) is 8.33. The van der Waals surface area contributed by atoms with E-state index >= 15 is 0 Å². The van der Waals surface area contributed by atoms with Crippen molar-refractivity contribution in [2.24, 2.45) is 0 Å². The number of anilines is 2. The molecule has 2 N–H and O–H groups in total. The van der Waals surface area contributed by atoms with Crippen LogP contribution in [0.25, 0.3) is 11.3 Å². The van der Waals surface area contributed by atoms with Crippen LogP contribution in [0.3, 0.4) is 0 Å². The molecule has 0 bridgehead atoms. The summed E-state index contributed by atoms with van der Waals surface area (Å²) < 4.78 is 10.8. The van der Waals surface area contributed by atoms with Crippen molar-refractivity contribution < 1.29 is 19.1 Å². The Morgan fingerprint density at radius 3 is 2.16 bits per heavy atom. The topological polar surface area (TPSA) is 89.5 Å². The summed E-state index contributed by atoms with van der Waals surface area (Å²) >= 11 is 7.48. The molecule has 1 aromatic heterocycles. The van der Waals surface area contributed by atoms with Crippen molar-refractivity contribution >= 4 is 45.7 Å². The van der Waals surface area contributed by atoms with Gasteiger partial charge >= 0.3 is 11.9 Å². The molecule has 0 atom stereocenters. The SMILES string of the molecule is CCOC(=O)C1=C(C)NC(C)=C(C(=O)OCC)C1c1ccccc1Nc1nc(-c2ccc(Cl)cc2)cs1. The summed E-state index contributed by atoms with van der Waals surface area (Å²) in [4.78, 5) is 31.0. The van der Waals surface area contributed by atoms with E-state index in [2.05, 4.69) is 10.6 Å². The second-order valence-corrected chi connectivity index (χ2v) is 9.63. The Morgan fingerprint density at radius 1 is 0.973 bits per heavy atom. The zero-order chi connectivity index (χ0) is 26.5. The smallest absolute Gasteiger partial charge is 0.336 e. The van der Waals surface area contributed by atoms with E-state index in [9.17, 15) is 9.59 Å². The molecule has 37 heavy (non-hydrogen) atoms. The van der Waals surface area contributed by atoms with E-state index in [1.54, 1.807) is 27.7 Å². The highest BCUT2D eigenvalue weighted by Crippen LogP contribution is 2.43. The van der Waals surface area contributed by atoms with Gasteiger partial charge in [0.1, 0.15) is 0 Å². The predicted octanol–water partition coefficient (Wildman–Crippen LogP) is 6.57. The van der Waals surface area contributed by atoms with E-state index in [0.717, 1.165) is 22.5 Å². The molecule has 1 aliphatic heterocycles. The van der Waals surface area contributed by atoms with Crippen molar-refractivity contribution in [3.05, 3.63) is 87.0 Å². The van der Waals surface area contributed by atoms with Crippen LogP contribution >= 0.6 is 22.9 Å². The van der Waals surface area contributed by atoms with Gasteiger partial charge in [-0.05, 0) is 51.5 Å². The van der Waals surface area contributed by atoms with Crippen molar-refractivity contribution in [3.8, 4) is 11.3 Å². The highest BCUT2D eigenvalue weighted by atomic mass is 35.5. The molecule has 0 fully saturated rings. The van der Waals surface area contributed by atoms with Crippen LogP contribution < -0.4 is 10.6 Å². The summed E-state index contributed by atoms with van der Waals surface area (Å²) in [6, 6.07) is 15.1. The zero-order valence-corrected chi connectivity index (χ0v) is 22.6. The minimum Gasteiger partial charge on any atom is -0.463 e. The number of carbonyl (C=O) groups excluding carboxylic acids is 2. The maximum Gasteiger partial charge on any atom is 0.336 e. The largest absolute Gasteiger partial charge is 0.463 e. The minimum absolute atomic E-state index is 0.215. The Kier molecular flexibility index (Phi) is 8.31. The van der Waals surface area contributed by atoms with E-state index in [4.69, 9.17) is 26.1 Å². The number of nitrogens with zero attached hydrogens (tertiary/aromatic N) is 1. The molecule has 0 saturated heterocycles. The van der Waals surface area contributed by atoms with Crippen LogP contribution in [-0.2, 0) is 19.1 Å². The Balaban J connectivity index is 1.77. The lowest BCUT2D eigenvalue weighted by molar-refractivity contribution is -0.139. The monoisotopic (exact) mass is 537 g/mol. The number of hydrogen-bond acceptors (Lipinski definition) is 8. The summed E-state index contributed by atoms with van der Waals surface area (Å²) in [7, 11) is 0. The van der Waals surface area contributed by atoms with E-state index in [1.807, 2.05) is 53.9 Å². The number of rotatable bonds is 8. The highest BCUT2D eigenvalue weighted by Gasteiger charge is 2.39. The Bertz CT molecular complexity index is 1340. The first-order valence-electron chi connectivity index (χ1n) is 11.9. The van der Waals surface area contributed by atoms with Crippen LogP contribution in [0.1, 0.15) is 39.2 Å². The molecular formula is C28H28ClN3O4S. The maximum absolute atomic E-state index is 13.1. The fourth-order valence-electron chi connectivity index (χ4n) is 4.33. The third kappa shape index (κ3) is 5.70. The lowest BCUT2D eigenvalue weighted by atomic mass is 9.79. The van der Waals surface area contributed by atoms with Crippen LogP contribution in [0.4, 0.5) is 10.8 Å². The van der Waals surface area contributed by atoms with E-state index in [0.29, 0.717) is 32.7 Å². The third-order valence-corrected chi connectivity index (χ3v) is 6.92. The Hall–Kier alpha value is -3.62.